The first kappa shape index (κ1) is 14.2. The van der Waals surface area contributed by atoms with Gasteiger partial charge in [0.2, 0.25) is 0 Å². The molecule has 3 N–H and O–H groups in total. The normalized spacial score (nSPS) is 12.8. The van der Waals surface area contributed by atoms with E-state index in [0.29, 0.717) is 13.2 Å². The fourth-order valence-corrected chi connectivity index (χ4v) is 2.38. The minimum absolute atomic E-state index is 0.214. The van der Waals surface area contributed by atoms with Crippen molar-refractivity contribution in [2.45, 2.75) is 26.8 Å². The maximum Gasteiger partial charge on any atom is 0.0587 e. The number of hydrogen-bond acceptors (Lipinski definition) is 3. The van der Waals surface area contributed by atoms with Gasteiger partial charge in [0.05, 0.1) is 6.61 Å². The SMILES string of the molecule is COCCNC(CN)c1c(C)cc(C)cc1C. The molecule has 0 amide bonds. The fraction of sp³-hybridized carbons (Fsp3) is 0.571. The third kappa shape index (κ3) is 3.80. The number of benzene rings is 1. The summed E-state index contributed by atoms with van der Waals surface area (Å²) in [5, 5.41) is 3.44. The lowest BCUT2D eigenvalue weighted by atomic mass is 9.94. The lowest BCUT2D eigenvalue weighted by Gasteiger charge is -2.22. The molecule has 0 fully saturated rings. The van der Waals surface area contributed by atoms with E-state index in [1.54, 1.807) is 7.11 Å². The average molecular weight is 236 g/mol. The van der Waals surface area contributed by atoms with Crippen LogP contribution in [0.2, 0.25) is 0 Å². The molecular weight excluding hydrogens is 212 g/mol. The van der Waals surface area contributed by atoms with Crippen LogP contribution in [0.1, 0.15) is 28.3 Å². The maximum atomic E-state index is 5.86. The Bertz CT molecular complexity index is 340. The zero-order valence-electron chi connectivity index (χ0n) is 11.3. The third-order valence-corrected chi connectivity index (χ3v) is 3.02. The molecule has 0 aliphatic rings. The minimum Gasteiger partial charge on any atom is -0.383 e. The Hall–Kier alpha value is -0.900. The van der Waals surface area contributed by atoms with Gasteiger partial charge >= 0.3 is 0 Å². The van der Waals surface area contributed by atoms with Gasteiger partial charge < -0.3 is 15.8 Å². The smallest absolute Gasteiger partial charge is 0.0587 e. The third-order valence-electron chi connectivity index (χ3n) is 3.02. The van der Waals surface area contributed by atoms with E-state index in [0.717, 1.165) is 6.54 Å². The van der Waals surface area contributed by atoms with E-state index in [1.165, 1.54) is 22.3 Å². The summed E-state index contributed by atoms with van der Waals surface area (Å²) in [7, 11) is 1.71. The molecule has 96 valence electrons. The Morgan fingerprint density at radius 2 is 1.82 bits per heavy atom. The summed E-state index contributed by atoms with van der Waals surface area (Å²) < 4.78 is 5.05. The number of hydrogen-bond donors (Lipinski definition) is 2. The van der Waals surface area contributed by atoms with Crippen molar-refractivity contribution >= 4 is 0 Å². The fourth-order valence-electron chi connectivity index (χ4n) is 2.38. The Morgan fingerprint density at radius 3 is 2.29 bits per heavy atom. The molecule has 0 bridgehead atoms. The largest absolute Gasteiger partial charge is 0.383 e. The monoisotopic (exact) mass is 236 g/mol. The molecule has 0 aromatic heterocycles. The highest BCUT2D eigenvalue weighted by atomic mass is 16.5. The van der Waals surface area contributed by atoms with Crippen LogP contribution >= 0.6 is 0 Å². The van der Waals surface area contributed by atoms with Gasteiger partial charge in [0.25, 0.3) is 0 Å². The summed E-state index contributed by atoms with van der Waals surface area (Å²) in [6.07, 6.45) is 0. The summed E-state index contributed by atoms with van der Waals surface area (Å²) in [6, 6.07) is 4.64. The molecule has 0 heterocycles. The van der Waals surface area contributed by atoms with E-state index in [4.69, 9.17) is 10.5 Å². The highest BCUT2D eigenvalue weighted by Crippen LogP contribution is 2.22. The van der Waals surface area contributed by atoms with Crippen molar-refractivity contribution < 1.29 is 4.74 Å². The summed E-state index contributed by atoms with van der Waals surface area (Å²) in [5.41, 5.74) is 11.1. The second-order valence-electron chi connectivity index (χ2n) is 4.55. The van der Waals surface area contributed by atoms with Crippen LogP contribution in [0.3, 0.4) is 0 Å². The number of nitrogens with two attached hydrogens (primary N) is 1. The Morgan fingerprint density at radius 1 is 1.24 bits per heavy atom. The summed E-state index contributed by atoms with van der Waals surface area (Å²) >= 11 is 0. The number of nitrogens with one attached hydrogen (secondary N) is 1. The molecule has 1 unspecified atom stereocenters. The van der Waals surface area contributed by atoms with Gasteiger partial charge in [0.1, 0.15) is 0 Å². The average Bonchev–Trinajstić information content (AvgIpc) is 2.25. The summed E-state index contributed by atoms with van der Waals surface area (Å²) in [6.45, 7) is 8.56. The van der Waals surface area contributed by atoms with Crippen LogP contribution in [0.25, 0.3) is 0 Å². The van der Waals surface area contributed by atoms with Crippen molar-refractivity contribution in [3.8, 4) is 0 Å². The van der Waals surface area contributed by atoms with E-state index in [1.807, 2.05) is 0 Å². The molecule has 0 saturated carbocycles. The van der Waals surface area contributed by atoms with Gasteiger partial charge in [0, 0.05) is 26.2 Å². The first-order chi connectivity index (χ1) is 8.10. The molecule has 0 spiro atoms. The van der Waals surface area contributed by atoms with Crippen molar-refractivity contribution in [2.24, 2.45) is 5.73 Å². The molecule has 1 aromatic rings. The quantitative estimate of drug-likeness (QED) is 0.741. The number of ether oxygens (including phenoxy) is 1. The van der Waals surface area contributed by atoms with Gasteiger partial charge in [-0.3, -0.25) is 0 Å². The van der Waals surface area contributed by atoms with Gasteiger partial charge in [-0.1, -0.05) is 17.7 Å². The molecular formula is C14H24N2O. The lowest BCUT2D eigenvalue weighted by Crippen LogP contribution is -2.31. The molecule has 1 atom stereocenters. The van der Waals surface area contributed by atoms with E-state index in [2.05, 4.69) is 38.2 Å². The maximum absolute atomic E-state index is 5.86. The molecule has 0 radical (unpaired) electrons. The molecule has 0 aliphatic heterocycles. The lowest BCUT2D eigenvalue weighted by molar-refractivity contribution is 0.196. The summed E-state index contributed by atoms with van der Waals surface area (Å²) in [5.74, 6) is 0. The van der Waals surface area contributed by atoms with Gasteiger partial charge in [-0.2, -0.15) is 0 Å². The predicted molar refractivity (Wildman–Crippen MR) is 72.3 cm³/mol. The second kappa shape index (κ2) is 6.74. The molecule has 0 saturated heterocycles. The molecule has 1 aromatic carbocycles. The molecule has 3 heteroatoms. The molecule has 3 nitrogen and oxygen atoms in total. The summed E-state index contributed by atoms with van der Waals surface area (Å²) in [4.78, 5) is 0. The van der Waals surface area contributed by atoms with Crippen molar-refractivity contribution in [2.75, 3.05) is 26.8 Å². The van der Waals surface area contributed by atoms with Crippen LogP contribution < -0.4 is 11.1 Å². The molecule has 17 heavy (non-hydrogen) atoms. The Balaban J connectivity index is 2.87. The van der Waals surface area contributed by atoms with Crippen LogP contribution in [-0.2, 0) is 4.74 Å². The van der Waals surface area contributed by atoms with Crippen LogP contribution in [0, 0.1) is 20.8 Å². The van der Waals surface area contributed by atoms with Crippen molar-refractivity contribution in [3.63, 3.8) is 0 Å². The van der Waals surface area contributed by atoms with Crippen LogP contribution in [0.5, 0.6) is 0 Å². The van der Waals surface area contributed by atoms with E-state index in [9.17, 15) is 0 Å². The van der Waals surface area contributed by atoms with Crippen molar-refractivity contribution in [1.82, 2.24) is 5.32 Å². The number of rotatable bonds is 6. The number of aryl methyl sites for hydroxylation is 3. The first-order valence-electron chi connectivity index (χ1n) is 6.10. The predicted octanol–water partition coefficient (Wildman–Crippen LogP) is 1.85. The zero-order chi connectivity index (χ0) is 12.8. The van der Waals surface area contributed by atoms with Crippen molar-refractivity contribution in [1.29, 1.82) is 0 Å². The zero-order valence-corrected chi connectivity index (χ0v) is 11.3. The standard InChI is InChI=1S/C14H24N2O/c1-10-7-11(2)14(12(3)8-10)13(9-15)16-5-6-17-4/h7-8,13,16H,5-6,9,15H2,1-4H3. The van der Waals surface area contributed by atoms with Gasteiger partial charge in [-0.25, -0.2) is 0 Å². The molecule has 0 aliphatic carbocycles. The van der Waals surface area contributed by atoms with Crippen LogP contribution in [-0.4, -0.2) is 26.8 Å². The number of methoxy groups -OCH3 is 1. The minimum atomic E-state index is 0.214. The molecule has 1 rings (SSSR count). The van der Waals surface area contributed by atoms with Gasteiger partial charge in [0.15, 0.2) is 0 Å². The Kier molecular flexibility index (Phi) is 5.62. The van der Waals surface area contributed by atoms with Crippen molar-refractivity contribution in [3.05, 3.63) is 34.4 Å². The van der Waals surface area contributed by atoms with Crippen LogP contribution in [0.15, 0.2) is 12.1 Å². The Labute approximate surface area is 104 Å². The topological polar surface area (TPSA) is 47.3 Å². The van der Waals surface area contributed by atoms with Gasteiger partial charge in [-0.05, 0) is 37.5 Å². The van der Waals surface area contributed by atoms with Gasteiger partial charge in [-0.15, -0.1) is 0 Å². The highest BCUT2D eigenvalue weighted by molar-refractivity contribution is 5.39. The second-order valence-corrected chi connectivity index (χ2v) is 4.55. The van der Waals surface area contributed by atoms with Crippen LogP contribution in [0.4, 0.5) is 0 Å². The van der Waals surface area contributed by atoms with E-state index in [-0.39, 0.29) is 6.04 Å². The van der Waals surface area contributed by atoms with E-state index < -0.39 is 0 Å². The highest BCUT2D eigenvalue weighted by Gasteiger charge is 2.14. The first-order valence-corrected chi connectivity index (χ1v) is 6.10. The van der Waals surface area contributed by atoms with E-state index >= 15 is 0 Å².